The van der Waals surface area contributed by atoms with Crippen molar-refractivity contribution in [3.8, 4) is 0 Å². The summed E-state index contributed by atoms with van der Waals surface area (Å²) in [6, 6.07) is 10.2. The molecule has 1 fully saturated rings. The second kappa shape index (κ2) is 8.15. The maximum Gasteiger partial charge on any atom is 0.227 e. The second-order valence-corrected chi connectivity index (χ2v) is 5.80. The van der Waals surface area contributed by atoms with E-state index in [-0.39, 0.29) is 17.9 Å². The summed E-state index contributed by atoms with van der Waals surface area (Å²) in [7, 11) is 1.88. The zero-order valence-electron chi connectivity index (χ0n) is 13.0. The normalized spacial score (nSPS) is 19.4. The Morgan fingerprint density at radius 3 is 2.81 bits per heavy atom. The molecule has 2 unspecified atom stereocenters. The van der Waals surface area contributed by atoms with Gasteiger partial charge in [0.15, 0.2) is 0 Å². The zero-order chi connectivity index (χ0) is 15.1. The molecule has 1 aliphatic rings. The highest BCUT2D eigenvalue weighted by molar-refractivity contribution is 5.78. The van der Waals surface area contributed by atoms with Gasteiger partial charge in [-0.05, 0) is 25.5 Å². The van der Waals surface area contributed by atoms with Crippen molar-refractivity contribution in [3.63, 3.8) is 0 Å². The van der Waals surface area contributed by atoms with Crippen LogP contribution in [0.1, 0.15) is 25.3 Å². The molecule has 1 aromatic rings. The molecule has 2 rings (SSSR count). The molecule has 0 spiro atoms. The van der Waals surface area contributed by atoms with Crippen molar-refractivity contribution in [1.29, 1.82) is 0 Å². The van der Waals surface area contributed by atoms with Crippen LogP contribution >= 0.6 is 0 Å². The molecule has 1 amide bonds. The van der Waals surface area contributed by atoms with Crippen LogP contribution in [-0.4, -0.2) is 43.7 Å². The first-order valence-corrected chi connectivity index (χ1v) is 7.79. The predicted octanol–water partition coefficient (Wildman–Crippen LogP) is 2.05. The summed E-state index contributed by atoms with van der Waals surface area (Å²) in [5.74, 6) is 0.184. The topological polar surface area (TPSA) is 41.6 Å². The lowest BCUT2D eigenvalue weighted by Gasteiger charge is -2.28. The monoisotopic (exact) mass is 290 g/mol. The molecule has 1 N–H and O–H groups in total. The molecule has 0 aromatic heterocycles. The molecular weight excluding hydrogens is 264 g/mol. The highest BCUT2D eigenvalue weighted by Crippen LogP contribution is 2.17. The lowest BCUT2D eigenvalue weighted by molar-refractivity contribution is -0.137. The second-order valence-electron chi connectivity index (χ2n) is 5.80. The van der Waals surface area contributed by atoms with Crippen molar-refractivity contribution in [2.45, 2.75) is 32.4 Å². The Kier molecular flexibility index (Phi) is 6.21. The molecule has 1 aliphatic heterocycles. The number of hydrogen-bond acceptors (Lipinski definition) is 3. The average molecular weight is 290 g/mol. The summed E-state index contributed by atoms with van der Waals surface area (Å²) >= 11 is 0. The van der Waals surface area contributed by atoms with E-state index in [0.29, 0.717) is 19.6 Å². The van der Waals surface area contributed by atoms with Gasteiger partial charge < -0.3 is 15.0 Å². The number of rotatable bonds is 7. The Morgan fingerprint density at radius 1 is 1.43 bits per heavy atom. The van der Waals surface area contributed by atoms with E-state index < -0.39 is 0 Å². The lowest BCUT2D eigenvalue weighted by Crippen LogP contribution is -2.42. The smallest absolute Gasteiger partial charge is 0.227 e. The fourth-order valence-corrected chi connectivity index (χ4v) is 2.78. The standard InChI is InChI=1S/C17H26N2O2/c1-14(11-18-2)17(20)19(13-16-9-6-10-21-16)12-15-7-4-3-5-8-15/h3-5,7-8,14,16,18H,6,9-13H2,1-2H3. The number of amides is 1. The first kappa shape index (κ1) is 16.0. The van der Waals surface area contributed by atoms with Gasteiger partial charge in [-0.25, -0.2) is 0 Å². The molecule has 2 atom stereocenters. The van der Waals surface area contributed by atoms with Crippen molar-refractivity contribution in [3.05, 3.63) is 35.9 Å². The zero-order valence-corrected chi connectivity index (χ0v) is 13.0. The maximum absolute atomic E-state index is 12.7. The van der Waals surface area contributed by atoms with E-state index in [1.807, 2.05) is 37.1 Å². The molecule has 0 saturated carbocycles. The van der Waals surface area contributed by atoms with Crippen LogP contribution in [0.4, 0.5) is 0 Å². The highest BCUT2D eigenvalue weighted by atomic mass is 16.5. The van der Waals surface area contributed by atoms with E-state index in [0.717, 1.165) is 19.4 Å². The molecule has 1 saturated heterocycles. The number of ether oxygens (including phenoxy) is 1. The quantitative estimate of drug-likeness (QED) is 0.835. The Hall–Kier alpha value is -1.39. The van der Waals surface area contributed by atoms with Gasteiger partial charge in [0.1, 0.15) is 0 Å². The molecule has 4 nitrogen and oxygen atoms in total. The van der Waals surface area contributed by atoms with E-state index in [4.69, 9.17) is 4.74 Å². The van der Waals surface area contributed by atoms with Gasteiger partial charge in [-0.2, -0.15) is 0 Å². The summed E-state index contributed by atoms with van der Waals surface area (Å²) < 4.78 is 5.70. The van der Waals surface area contributed by atoms with Gasteiger partial charge in [-0.15, -0.1) is 0 Å². The van der Waals surface area contributed by atoms with Crippen molar-refractivity contribution < 1.29 is 9.53 Å². The summed E-state index contributed by atoms with van der Waals surface area (Å²) in [6.45, 7) is 4.86. The third kappa shape index (κ3) is 4.83. The molecule has 1 aromatic carbocycles. The van der Waals surface area contributed by atoms with Crippen molar-refractivity contribution >= 4 is 5.91 Å². The SMILES string of the molecule is CNCC(C)C(=O)N(Cc1ccccc1)CC1CCCO1. The fourth-order valence-electron chi connectivity index (χ4n) is 2.78. The van der Waals surface area contributed by atoms with Crippen LogP contribution in [0.3, 0.4) is 0 Å². The van der Waals surface area contributed by atoms with E-state index in [9.17, 15) is 4.79 Å². The van der Waals surface area contributed by atoms with Crippen LogP contribution in [-0.2, 0) is 16.1 Å². The Balaban J connectivity index is 2.03. The first-order chi connectivity index (χ1) is 10.2. The van der Waals surface area contributed by atoms with Gasteiger partial charge in [0.25, 0.3) is 0 Å². The minimum absolute atomic E-state index is 0.0138. The van der Waals surface area contributed by atoms with Gasteiger partial charge in [0, 0.05) is 32.2 Å². The van der Waals surface area contributed by atoms with Gasteiger partial charge >= 0.3 is 0 Å². The third-order valence-electron chi connectivity index (χ3n) is 3.91. The van der Waals surface area contributed by atoms with E-state index in [1.165, 1.54) is 5.56 Å². The van der Waals surface area contributed by atoms with Crippen LogP contribution in [0.5, 0.6) is 0 Å². The van der Waals surface area contributed by atoms with Crippen molar-refractivity contribution in [2.24, 2.45) is 5.92 Å². The number of carbonyl (C=O) groups excluding carboxylic acids is 1. The Morgan fingerprint density at radius 2 is 2.19 bits per heavy atom. The molecule has 21 heavy (non-hydrogen) atoms. The van der Waals surface area contributed by atoms with Crippen molar-refractivity contribution in [2.75, 3.05) is 26.7 Å². The van der Waals surface area contributed by atoms with Crippen LogP contribution < -0.4 is 5.32 Å². The lowest BCUT2D eigenvalue weighted by atomic mass is 10.1. The van der Waals surface area contributed by atoms with Crippen LogP contribution in [0, 0.1) is 5.92 Å². The number of carbonyl (C=O) groups is 1. The van der Waals surface area contributed by atoms with Crippen LogP contribution in [0.2, 0.25) is 0 Å². The van der Waals surface area contributed by atoms with Crippen LogP contribution in [0.25, 0.3) is 0 Å². The molecule has 0 radical (unpaired) electrons. The molecule has 1 heterocycles. The minimum atomic E-state index is -0.0138. The fraction of sp³-hybridized carbons (Fsp3) is 0.588. The molecule has 0 bridgehead atoms. The minimum Gasteiger partial charge on any atom is -0.376 e. The van der Waals surface area contributed by atoms with E-state index in [2.05, 4.69) is 17.4 Å². The average Bonchev–Trinajstić information content (AvgIpc) is 3.00. The molecule has 116 valence electrons. The summed E-state index contributed by atoms with van der Waals surface area (Å²) in [5.41, 5.74) is 1.17. The molecule has 0 aliphatic carbocycles. The third-order valence-corrected chi connectivity index (χ3v) is 3.91. The Labute approximate surface area is 127 Å². The number of benzene rings is 1. The summed E-state index contributed by atoms with van der Waals surface area (Å²) in [4.78, 5) is 14.6. The van der Waals surface area contributed by atoms with Gasteiger partial charge in [-0.1, -0.05) is 37.3 Å². The van der Waals surface area contributed by atoms with E-state index in [1.54, 1.807) is 0 Å². The molecule has 4 heteroatoms. The van der Waals surface area contributed by atoms with Crippen molar-refractivity contribution in [1.82, 2.24) is 10.2 Å². The first-order valence-electron chi connectivity index (χ1n) is 7.79. The van der Waals surface area contributed by atoms with Gasteiger partial charge in [0.2, 0.25) is 5.91 Å². The maximum atomic E-state index is 12.7. The molecular formula is C17H26N2O2. The predicted molar refractivity (Wildman–Crippen MR) is 83.9 cm³/mol. The largest absolute Gasteiger partial charge is 0.376 e. The van der Waals surface area contributed by atoms with E-state index >= 15 is 0 Å². The summed E-state index contributed by atoms with van der Waals surface area (Å²) in [5, 5.41) is 3.08. The number of nitrogens with one attached hydrogen (secondary N) is 1. The van der Waals surface area contributed by atoms with Crippen LogP contribution in [0.15, 0.2) is 30.3 Å². The highest BCUT2D eigenvalue weighted by Gasteiger charge is 2.25. The number of nitrogens with zero attached hydrogens (tertiary/aromatic N) is 1. The number of hydrogen-bond donors (Lipinski definition) is 1. The summed E-state index contributed by atoms with van der Waals surface area (Å²) in [6.07, 6.45) is 2.35. The van der Waals surface area contributed by atoms with Gasteiger partial charge in [-0.3, -0.25) is 4.79 Å². The Bertz CT molecular complexity index is 430. The van der Waals surface area contributed by atoms with Gasteiger partial charge in [0.05, 0.1) is 6.10 Å².